The van der Waals surface area contributed by atoms with Crippen molar-refractivity contribution in [1.29, 1.82) is 0 Å². The van der Waals surface area contributed by atoms with Crippen molar-refractivity contribution in [2.24, 2.45) is 0 Å². The highest BCUT2D eigenvalue weighted by Gasteiger charge is 2.18. The quantitative estimate of drug-likeness (QED) is 0.704. The predicted molar refractivity (Wildman–Crippen MR) is 102 cm³/mol. The molecule has 0 aliphatic heterocycles. The molecule has 2 aromatic rings. The summed E-state index contributed by atoms with van der Waals surface area (Å²) < 4.78 is 6.27. The van der Waals surface area contributed by atoms with Crippen LogP contribution >= 0.6 is 22.6 Å². The van der Waals surface area contributed by atoms with Gasteiger partial charge in [0.1, 0.15) is 12.3 Å². The Morgan fingerprint density at radius 2 is 1.79 bits per heavy atom. The van der Waals surface area contributed by atoms with Gasteiger partial charge in [-0.25, -0.2) is 0 Å². The topological polar surface area (TPSA) is 58.6 Å². The van der Waals surface area contributed by atoms with Crippen molar-refractivity contribution in [3.05, 3.63) is 57.7 Å². The fourth-order valence-corrected chi connectivity index (χ4v) is 2.57. The lowest BCUT2D eigenvalue weighted by Gasteiger charge is -2.21. The smallest absolute Gasteiger partial charge is 0.254 e. The van der Waals surface area contributed by atoms with Crippen molar-refractivity contribution >= 4 is 40.1 Å². The molecule has 2 amide bonds. The molecule has 2 rings (SSSR count). The van der Waals surface area contributed by atoms with E-state index in [0.717, 1.165) is 3.57 Å². The third kappa shape index (κ3) is 4.70. The summed E-state index contributed by atoms with van der Waals surface area (Å²) in [5, 5.41) is 2.78. The minimum Gasteiger partial charge on any atom is -0.495 e. The molecule has 2 aromatic carbocycles. The Kier molecular flexibility index (Phi) is 6.60. The lowest BCUT2D eigenvalue weighted by atomic mass is 10.2. The third-order valence-corrected chi connectivity index (χ3v) is 4.19. The van der Waals surface area contributed by atoms with Gasteiger partial charge in [-0.2, -0.15) is 0 Å². The molecule has 126 valence electrons. The average Bonchev–Trinajstić information content (AvgIpc) is 2.60. The van der Waals surface area contributed by atoms with E-state index in [1.54, 1.807) is 31.4 Å². The van der Waals surface area contributed by atoms with Crippen LogP contribution < -0.4 is 10.1 Å². The van der Waals surface area contributed by atoms with Gasteiger partial charge in [0, 0.05) is 15.7 Å². The first-order chi connectivity index (χ1) is 11.5. The maximum atomic E-state index is 12.5. The highest BCUT2D eigenvalue weighted by Crippen LogP contribution is 2.22. The van der Waals surface area contributed by atoms with Crippen LogP contribution in [0.5, 0.6) is 5.75 Å². The number of benzene rings is 2. The Morgan fingerprint density at radius 3 is 2.42 bits per heavy atom. The average molecular weight is 438 g/mol. The number of halogens is 1. The molecule has 0 saturated heterocycles. The number of carbonyl (C=O) groups is 2. The van der Waals surface area contributed by atoms with E-state index >= 15 is 0 Å². The molecular formula is C18H19IN2O3. The number of carbonyl (C=O) groups excluding carboxylic acids is 2. The van der Waals surface area contributed by atoms with Gasteiger partial charge in [-0.3, -0.25) is 9.59 Å². The van der Waals surface area contributed by atoms with E-state index in [1.807, 2.05) is 31.2 Å². The van der Waals surface area contributed by atoms with Gasteiger partial charge in [0.25, 0.3) is 5.91 Å². The second-order valence-corrected chi connectivity index (χ2v) is 6.32. The number of methoxy groups -OCH3 is 1. The number of nitrogens with zero attached hydrogens (tertiary/aromatic N) is 1. The Hall–Kier alpha value is -2.09. The fourth-order valence-electron chi connectivity index (χ4n) is 2.21. The van der Waals surface area contributed by atoms with E-state index in [2.05, 4.69) is 27.9 Å². The molecule has 0 saturated carbocycles. The maximum absolute atomic E-state index is 12.5. The molecule has 0 atom stereocenters. The van der Waals surface area contributed by atoms with Crippen LogP contribution in [0.1, 0.15) is 17.3 Å². The summed E-state index contributed by atoms with van der Waals surface area (Å²) in [5.41, 5.74) is 1.16. The highest BCUT2D eigenvalue weighted by atomic mass is 127. The molecule has 0 spiro atoms. The monoisotopic (exact) mass is 438 g/mol. The van der Waals surface area contributed by atoms with Crippen molar-refractivity contribution < 1.29 is 14.3 Å². The van der Waals surface area contributed by atoms with Gasteiger partial charge >= 0.3 is 0 Å². The number of ether oxygens (including phenoxy) is 1. The van der Waals surface area contributed by atoms with Gasteiger partial charge in [-0.1, -0.05) is 12.1 Å². The first-order valence-corrected chi connectivity index (χ1v) is 8.60. The maximum Gasteiger partial charge on any atom is 0.254 e. The van der Waals surface area contributed by atoms with Crippen LogP contribution in [0.2, 0.25) is 0 Å². The van der Waals surface area contributed by atoms with Gasteiger partial charge in [0.2, 0.25) is 5.91 Å². The number of likely N-dealkylation sites (N-methyl/N-ethyl adjacent to an activating group) is 1. The number of anilines is 1. The summed E-state index contributed by atoms with van der Waals surface area (Å²) >= 11 is 2.18. The number of nitrogens with one attached hydrogen (secondary N) is 1. The number of hydrogen-bond donors (Lipinski definition) is 1. The van der Waals surface area contributed by atoms with Crippen LogP contribution in [-0.4, -0.2) is 36.9 Å². The number of rotatable bonds is 6. The molecular weight excluding hydrogens is 419 g/mol. The second kappa shape index (κ2) is 8.68. The first-order valence-electron chi connectivity index (χ1n) is 7.53. The van der Waals surface area contributed by atoms with Crippen LogP contribution in [0, 0.1) is 3.57 Å². The molecule has 0 aromatic heterocycles. The minimum absolute atomic E-state index is 0.0145. The van der Waals surface area contributed by atoms with Crippen molar-refractivity contribution in [3.8, 4) is 5.75 Å². The van der Waals surface area contributed by atoms with Gasteiger partial charge in [-0.15, -0.1) is 0 Å². The molecule has 24 heavy (non-hydrogen) atoms. The number of amides is 2. The van der Waals surface area contributed by atoms with Crippen LogP contribution in [-0.2, 0) is 4.79 Å². The van der Waals surface area contributed by atoms with Crippen molar-refractivity contribution in [1.82, 2.24) is 4.90 Å². The van der Waals surface area contributed by atoms with Crippen LogP contribution in [0.25, 0.3) is 0 Å². The zero-order valence-corrected chi connectivity index (χ0v) is 15.7. The largest absolute Gasteiger partial charge is 0.495 e. The van der Waals surface area contributed by atoms with Gasteiger partial charge < -0.3 is 15.0 Å². The van der Waals surface area contributed by atoms with E-state index in [0.29, 0.717) is 23.5 Å². The van der Waals surface area contributed by atoms with Crippen molar-refractivity contribution in [2.75, 3.05) is 25.5 Å². The predicted octanol–water partition coefficient (Wildman–Crippen LogP) is 3.40. The minimum atomic E-state index is -0.264. The molecule has 0 bridgehead atoms. The number of para-hydroxylation sites is 2. The lowest BCUT2D eigenvalue weighted by molar-refractivity contribution is -0.116. The third-order valence-electron chi connectivity index (χ3n) is 3.48. The van der Waals surface area contributed by atoms with Crippen molar-refractivity contribution in [3.63, 3.8) is 0 Å². The summed E-state index contributed by atoms with van der Waals surface area (Å²) in [5.74, 6) is 0.155. The Bertz CT molecular complexity index is 716. The molecule has 0 aliphatic rings. The van der Waals surface area contributed by atoms with Crippen LogP contribution in [0.15, 0.2) is 48.5 Å². The fraction of sp³-hybridized carbons (Fsp3) is 0.222. The lowest BCUT2D eigenvalue weighted by Crippen LogP contribution is -2.37. The first kappa shape index (κ1) is 18.3. The zero-order chi connectivity index (χ0) is 17.5. The summed E-state index contributed by atoms with van der Waals surface area (Å²) in [4.78, 5) is 26.3. The summed E-state index contributed by atoms with van der Waals surface area (Å²) in [7, 11) is 1.55. The van der Waals surface area contributed by atoms with E-state index in [9.17, 15) is 9.59 Å². The van der Waals surface area contributed by atoms with Gasteiger partial charge in [-0.05, 0) is 65.9 Å². The van der Waals surface area contributed by atoms with Crippen LogP contribution in [0.3, 0.4) is 0 Å². The second-order valence-electron chi connectivity index (χ2n) is 5.07. The Labute approximate surface area is 155 Å². The van der Waals surface area contributed by atoms with Gasteiger partial charge in [0.15, 0.2) is 0 Å². The molecule has 0 aliphatic carbocycles. The van der Waals surface area contributed by atoms with E-state index in [-0.39, 0.29) is 18.4 Å². The summed E-state index contributed by atoms with van der Waals surface area (Å²) in [6.45, 7) is 2.28. The van der Waals surface area contributed by atoms with Gasteiger partial charge in [0.05, 0.1) is 12.8 Å². The Morgan fingerprint density at radius 1 is 1.12 bits per heavy atom. The molecule has 5 nitrogen and oxygen atoms in total. The molecule has 0 unspecified atom stereocenters. The van der Waals surface area contributed by atoms with E-state index < -0.39 is 0 Å². The molecule has 0 heterocycles. The summed E-state index contributed by atoms with van der Waals surface area (Å²) in [6.07, 6.45) is 0. The van der Waals surface area contributed by atoms with E-state index in [1.165, 1.54) is 4.90 Å². The molecule has 6 heteroatoms. The highest BCUT2D eigenvalue weighted by molar-refractivity contribution is 14.1. The van der Waals surface area contributed by atoms with E-state index in [4.69, 9.17) is 4.74 Å². The summed E-state index contributed by atoms with van der Waals surface area (Å²) in [6, 6.07) is 14.4. The normalized spacial score (nSPS) is 10.1. The molecule has 1 N–H and O–H groups in total. The van der Waals surface area contributed by atoms with Crippen LogP contribution in [0.4, 0.5) is 5.69 Å². The SMILES string of the molecule is CCN(CC(=O)Nc1ccccc1OC)C(=O)c1ccc(I)cc1. The van der Waals surface area contributed by atoms with Crippen molar-refractivity contribution in [2.45, 2.75) is 6.92 Å². The molecule has 0 fully saturated rings. The standard InChI is InChI=1S/C18H19IN2O3/c1-3-21(18(23)13-8-10-14(19)11-9-13)12-17(22)20-15-6-4-5-7-16(15)24-2/h4-11H,3,12H2,1-2H3,(H,20,22). The number of hydrogen-bond acceptors (Lipinski definition) is 3. The zero-order valence-electron chi connectivity index (χ0n) is 13.6. The molecule has 0 radical (unpaired) electrons. The Balaban J connectivity index is 2.05.